The van der Waals surface area contributed by atoms with E-state index in [2.05, 4.69) is 17.2 Å². The summed E-state index contributed by atoms with van der Waals surface area (Å²) in [7, 11) is 0. The van der Waals surface area contributed by atoms with E-state index >= 15 is 0 Å². The van der Waals surface area contributed by atoms with Gasteiger partial charge in [-0.25, -0.2) is 4.98 Å². The van der Waals surface area contributed by atoms with Crippen LogP contribution >= 0.6 is 0 Å². The van der Waals surface area contributed by atoms with Gasteiger partial charge in [-0.15, -0.1) is 0 Å². The molecule has 1 fully saturated rings. The number of aliphatic hydroxyl groups excluding tert-OH is 1. The SMILES string of the molecule is CC1(CO)CCCC1Nc1cc(C(N)=O)c2ccccc2n1. The first-order valence-corrected chi connectivity index (χ1v) is 7.60. The molecule has 0 radical (unpaired) electrons. The number of carbonyl (C=O) groups excluding carboxylic acids is 1. The van der Waals surface area contributed by atoms with Gasteiger partial charge in [-0.2, -0.15) is 0 Å². The average molecular weight is 299 g/mol. The predicted molar refractivity (Wildman–Crippen MR) is 86.7 cm³/mol. The van der Waals surface area contributed by atoms with Crippen LogP contribution in [0.5, 0.6) is 0 Å². The average Bonchev–Trinajstić information content (AvgIpc) is 2.88. The molecule has 2 aromatic rings. The summed E-state index contributed by atoms with van der Waals surface area (Å²) < 4.78 is 0. The Balaban J connectivity index is 1.99. The molecule has 1 heterocycles. The molecule has 3 rings (SSSR count). The number of benzene rings is 1. The number of hydrogen-bond acceptors (Lipinski definition) is 4. The van der Waals surface area contributed by atoms with Crippen LogP contribution in [0.3, 0.4) is 0 Å². The van der Waals surface area contributed by atoms with Crippen LogP contribution in [-0.4, -0.2) is 28.6 Å². The van der Waals surface area contributed by atoms with E-state index in [-0.39, 0.29) is 18.1 Å². The molecule has 2 atom stereocenters. The fourth-order valence-electron chi connectivity index (χ4n) is 3.30. The van der Waals surface area contributed by atoms with E-state index in [0.717, 1.165) is 30.2 Å². The number of para-hydroxylation sites is 1. The molecule has 2 unspecified atom stereocenters. The number of fused-ring (bicyclic) bond motifs is 1. The molecule has 1 amide bonds. The summed E-state index contributed by atoms with van der Waals surface area (Å²) in [6.07, 6.45) is 3.04. The van der Waals surface area contributed by atoms with Crippen LogP contribution in [0.1, 0.15) is 36.5 Å². The summed E-state index contributed by atoms with van der Waals surface area (Å²) in [6, 6.07) is 9.32. The monoisotopic (exact) mass is 299 g/mol. The number of hydrogen-bond donors (Lipinski definition) is 3. The van der Waals surface area contributed by atoms with Crippen LogP contribution in [0.25, 0.3) is 10.9 Å². The van der Waals surface area contributed by atoms with Crippen LogP contribution in [0, 0.1) is 5.41 Å². The molecule has 1 aliphatic carbocycles. The number of aliphatic hydroxyl groups is 1. The van der Waals surface area contributed by atoms with Gasteiger partial charge < -0.3 is 16.2 Å². The molecule has 5 heteroatoms. The van der Waals surface area contributed by atoms with Crippen molar-refractivity contribution in [2.45, 2.75) is 32.2 Å². The molecule has 1 saturated carbocycles. The van der Waals surface area contributed by atoms with Crippen molar-refractivity contribution in [2.75, 3.05) is 11.9 Å². The van der Waals surface area contributed by atoms with Gasteiger partial charge in [0.15, 0.2) is 0 Å². The highest BCUT2D eigenvalue weighted by Gasteiger charge is 2.38. The highest BCUT2D eigenvalue weighted by molar-refractivity contribution is 6.06. The Morgan fingerprint density at radius 3 is 3.00 bits per heavy atom. The fraction of sp³-hybridized carbons (Fsp3) is 0.412. The lowest BCUT2D eigenvalue weighted by Crippen LogP contribution is -2.36. The van der Waals surface area contributed by atoms with E-state index in [4.69, 9.17) is 5.73 Å². The molecule has 0 bridgehead atoms. The highest BCUT2D eigenvalue weighted by atomic mass is 16.3. The Bertz CT molecular complexity index is 716. The zero-order chi connectivity index (χ0) is 15.7. The molecule has 1 aliphatic rings. The van der Waals surface area contributed by atoms with Crippen molar-refractivity contribution in [1.82, 2.24) is 4.98 Å². The maximum Gasteiger partial charge on any atom is 0.249 e. The largest absolute Gasteiger partial charge is 0.396 e. The van der Waals surface area contributed by atoms with Crippen LogP contribution in [0.2, 0.25) is 0 Å². The molecule has 1 aromatic heterocycles. The molecule has 5 nitrogen and oxygen atoms in total. The summed E-state index contributed by atoms with van der Waals surface area (Å²) in [4.78, 5) is 16.3. The van der Waals surface area contributed by atoms with Gasteiger partial charge in [-0.05, 0) is 25.0 Å². The van der Waals surface area contributed by atoms with Crippen LogP contribution in [0.15, 0.2) is 30.3 Å². The van der Waals surface area contributed by atoms with E-state index in [9.17, 15) is 9.90 Å². The van der Waals surface area contributed by atoms with Crippen LogP contribution < -0.4 is 11.1 Å². The highest BCUT2D eigenvalue weighted by Crippen LogP contribution is 2.39. The molecule has 22 heavy (non-hydrogen) atoms. The molecular weight excluding hydrogens is 278 g/mol. The third-order valence-corrected chi connectivity index (χ3v) is 4.75. The number of primary amides is 1. The maximum atomic E-state index is 11.7. The summed E-state index contributed by atoms with van der Waals surface area (Å²) in [6.45, 7) is 2.22. The number of aromatic nitrogens is 1. The van der Waals surface area contributed by atoms with Crippen molar-refractivity contribution in [2.24, 2.45) is 11.1 Å². The molecule has 1 aromatic carbocycles. The van der Waals surface area contributed by atoms with E-state index in [1.54, 1.807) is 6.07 Å². The minimum absolute atomic E-state index is 0.140. The van der Waals surface area contributed by atoms with Crippen molar-refractivity contribution < 1.29 is 9.90 Å². The minimum atomic E-state index is -0.460. The number of nitrogens with one attached hydrogen (secondary N) is 1. The quantitative estimate of drug-likeness (QED) is 0.808. The number of pyridine rings is 1. The second-order valence-electron chi connectivity index (χ2n) is 6.34. The third-order valence-electron chi connectivity index (χ3n) is 4.75. The second-order valence-corrected chi connectivity index (χ2v) is 6.34. The number of rotatable bonds is 4. The van der Waals surface area contributed by atoms with Gasteiger partial charge in [0.2, 0.25) is 5.91 Å². The van der Waals surface area contributed by atoms with Gasteiger partial charge in [0.25, 0.3) is 0 Å². The van der Waals surface area contributed by atoms with Gasteiger partial charge in [0.1, 0.15) is 5.82 Å². The predicted octanol–water partition coefficient (Wildman–Crippen LogP) is 2.30. The number of carbonyl (C=O) groups is 1. The number of amides is 1. The first kappa shape index (κ1) is 14.8. The van der Waals surface area contributed by atoms with Gasteiger partial charge in [-0.3, -0.25) is 4.79 Å². The molecule has 0 aliphatic heterocycles. The van der Waals surface area contributed by atoms with Gasteiger partial charge in [-0.1, -0.05) is 31.5 Å². The molecule has 0 saturated heterocycles. The lowest BCUT2D eigenvalue weighted by atomic mass is 9.86. The Morgan fingerprint density at radius 1 is 1.50 bits per heavy atom. The van der Waals surface area contributed by atoms with Gasteiger partial charge >= 0.3 is 0 Å². The summed E-state index contributed by atoms with van der Waals surface area (Å²) >= 11 is 0. The normalized spacial score (nSPS) is 24.5. The maximum absolute atomic E-state index is 11.7. The van der Waals surface area contributed by atoms with Gasteiger partial charge in [0.05, 0.1) is 17.7 Å². The Labute approximate surface area is 129 Å². The number of nitrogens with zero attached hydrogens (tertiary/aromatic N) is 1. The Morgan fingerprint density at radius 2 is 2.27 bits per heavy atom. The Hall–Kier alpha value is -2.14. The lowest BCUT2D eigenvalue weighted by molar-refractivity contribution is 0.100. The minimum Gasteiger partial charge on any atom is -0.396 e. The first-order chi connectivity index (χ1) is 10.5. The zero-order valence-electron chi connectivity index (χ0n) is 12.7. The number of nitrogens with two attached hydrogens (primary N) is 1. The first-order valence-electron chi connectivity index (χ1n) is 7.60. The number of anilines is 1. The second kappa shape index (κ2) is 5.57. The van der Waals surface area contributed by atoms with E-state index in [1.165, 1.54) is 0 Å². The standard InChI is InChI=1S/C17H21N3O2/c1-17(10-21)8-4-7-14(17)20-15-9-12(16(18)22)11-5-2-3-6-13(11)19-15/h2-3,5-6,9,14,21H,4,7-8,10H2,1H3,(H2,18,22)(H,19,20). The Kier molecular flexibility index (Phi) is 3.74. The van der Waals surface area contributed by atoms with Crippen molar-refractivity contribution in [3.05, 3.63) is 35.9 Å². The molecule has 0 spiro atoms. The van der Waals surface area contributed by atoms with Crippen molar-refractivity contribution >= 4 is 22.6 Å². The lowest BCUT2D eigenvalue weighted by Gasteiger charge is -2.30. The third kappa shape index (κ3) is 2.52. The van der Waals surface area contributed by atoms with Gasteiger partial charge in [0, 0.05) is 16.8 Å². The smallest absolute Gasteiger partial charge is 0.249 e. The summed E-state index contributed by atoms with van der Waals surface area (Å²) in [5.41, 5.74) is 6.56. The molecule has 4 N–H and O–H groups in total. The van der Waals surface area contributed by atoms with Crippen molar-refractivity contribution in [1.29, 1.82) is 0 Å². The van der Waals surface area contributed by atoms with E-state index in [1.807, 2.05) is 24.3 Å². The molecule has 116 valence electrons. The van der Waals surface area contributed by atoms with E-state index < -0.39 is 5.91 Å². The van der Waals surface area contributed by atoms with Crippen molar-refractivity contribution in [3.63, 3.8) is 0 Å². The summed E-state index contributed by atoms with van der Waals surface area (Å²) in [5, 5.41) is 13.8. The van der Waals surface area contributed by atoms with E-state index in [0.29, 0.717) is 11.4 Å². The van der Waals surface area contributed by atoms with Crippen molar-refractivity contribution in [3.8, 4) is 0 Å². The fourth-order valence-corrected chi connectivity index (χ4v) is 3.30. The topological polar surface area (TPSA) is 88.2 Å². The summed E-state index contributed by atoms with van der Waals surface area (Å²) in [5.74, 6) is 0.178. The zero-order valence-corrected chi connectivity index (χ0v) is 12.7. The molecular formula is C17H21N3O2. The van der Waals surface area contributed by atoms with Crippen LogP contribution in [-0.2, 0) is 0 Å². The van der Waals surface area contributed by atoms with Crippen LogP contribution in [0.4, 0.5) is 5.82 Å².